The van der Waals surface area contributed by atoms with Gasteiger partial charge in [0.1, 0.15) is 54.5 Å². The topological polar surface area (TPSA) is 282 Å². The third kappa shape index (κ3) is 5.65. The molecular weight excluding hydrogens is 690 g/mol. The van der Waals surface area contributed by atoms with Gasteiger partial charge >= 0.3 is 0 Å². The summed E-state index contributed by atoms with van der Waals surface area (Å²) in [6, 6.07) is -0.990. The molecule has 11 atom stereocenters. The molecule has 3 aromatic heterocycles. The molecule has 0 aromatic carbocycles. The molecule has 3 fully saturated rings. The lowest BCUT2D eigenvalue weighted by Gasteiger charge is -2.30. The molecule has 46 heavy (non-hydrogen) atoms. The number of azo groups is 1. The predicted molar refractivity (Wildman–Crippen MR) is 171 cm³/mol. The molecule has 248 valence electrons. The number of nitrogens with zero attached hydrogens (tertiary/aromatic N) is 6. The van der Waals surface area contributed by atoms with Gasteiger partial charge in [-0.05, 0) is 12.6 Å². The number of ether oxygens (including phenoxy) is 2. The van der Waals surface area contributed by atoms with E-state index in [4.69, 9.17) is 39.0 Å². The van der Waals surface area contributed by atoms with Gasteiger partial charge in [-0.25, -0.2) is 9.97 Å². The molecule has 0 radical (unpaired) electrons. The number of nitrogen functional groups attached to an aromatic ring is 2. The molecule has 1 unspecified atom stereocenters. The summed E-state index contributed by atoms with van der Waals surface area (Å²) in [6.45, 7) is -7.25. The molecule has 8 N–H and O–H groups in total. The van der Waals surface area contributed by atoms with Crippen molar-refractivity contribution in [3.8, 4) is 0 Å². The van der Waals surface area contributed by atoms with E-state index in [-0.39, 0.29) is 47.7 Å². The molecule has 24 heteroatoms. The lowest BCUT2D eigenvalue weighted by molar-refractivity contribution is -0.0490. The summed E-state index contributed by atoms with van der Waals surface area (Å²) < 4.78 is 37.9. The van der Waals surface area contributed by atoms with Crippen LogP contribution >= 0.6 is 37.6 Å². The van der Waals surface area contributed by atoms with Crippen LogP contribution in [0.4, 0.5) is 17.6 Å². The van der Waals surface area contributed by atoms with Gasteiger partial charge in [-0.2, -0.15) is 10.1 Å². The number of aromatic nitrogens is 6. The number of fused-ring (bicyclic) bond motifs is 5. The average molecular weight is 719 g/mol. The number of anilines is 2. The molecule has 0 aliphatic carbocycles. The average Bonchev–Trinajstić information content (AvgIpc) is 3.72. The smallest absolute Gasteiger partial charge is 0.280 e. The van der Waals surface area contributed by atoms with Crippen molar-refractivity contribution in [1.82, 2.24) is 29.5 Å². The van der Waals surface area contributed by atoms with Crippen LogP contribution in [-0.4, -0.2) is 108 Å². The van der Waals surface area contributed by atoms with E-state index in [0.717, 1.165) is 0 Å². The van der Waals surface area contributed by atoms with E-state index >= 15 is 0 Å². The minimum atomic E-state index is -3.36. The van der Waals surface area contributed by atoms with Crippen LogP contribution in [0.3, 0.4) is 0 Å². The summed E-state index contributed by atoms with van der Waals surface area (Å²) in [5.41, 5.74) is 10.4. The highest BCUT2D eigenvalue weighted by molar-refractivity contribution is 8.48. The number of H-pyrrole nitrogens is 2. The van der Waals surface area contributed by atoms with Crippen LogP contribution in [0.15, 0.2) is 26.1 Å². The number of hydrogen-bond acceptors (Lipinski definition) is 19. The molecule has 4 aliphatic heterocycles. The Morgan fingerprint density at radius 2 is 1.57 bits per heavy atom. The molecule has 7 heterocycles. The fraction of sp³-hybridized carbons (Fsp3) is 0.500. The van der Waals surface area contributed by atoms with Crippen LogP contribution in [0.2, 0.25) is 0 Å². The number of thiol groups is 2. The van der Waals surface area contributed by atoms with Crippen LogP contribution in [0.5, 0.6) is 0 Å². The maximum absolute atomic E-state index is 12.4. The summed E-state index contributed by atoms with van der Waals surface area (Å²) in [5.74, 6) is -0.319. The zero-order valence-corrected chi connectivity index (χ0v) is 27.0. The minimum Gasteiger partial charge on any atom is -0.387 e. The Labute approximate surface area is 268 Å². The van der Waals surface area contributed by atoms with E-state index in [1.807, 2.05) is 0 Å². The summed E-state index contributed by atoms with van der Waals surface area (Å²) in [5, 5.41) is 30.8. The normalized spacial score (nSPS) is 39.4. The maximum atomic E-state index is 12.4. The summed E-state index contributed by atoms with van der Waals surface area (Å²) in [7, 11) is 0. The Hall–Kier alpha value is -2.59. The molecule has 20 nitrogen and oxygen atoms in total. The molecule has 3 saturated heterocycles. The Morgan fingerprint density at radius 1 is 0.913 bits per heavy atom. The quantitative estimate of drug-likeness (QED) is 0.124. The van der Waals surface area contributed by atoms with Gasteiger partial charge in [-0.3, -0.25) is 24.1 Å². The highest BCUT2D eigenvalue weighted by Crippen LogP contribution is 2.59. The van der Waals surface area contributed by atoms with Crippen LogP contribution in [0.25, 0.3) is 11.2 Å². The largest absolute Gasteiger partial charge is 0.387 e. The molecule has 2 bridgehead atoms. The van der Waals surface area contributed by atoms with Gasteiger partial charge < -0.3 is 49.2 Å². The number of rotatable bonds is 2. The van der Waals surface area contributed by atoms with Crippen LogP contribution < -0.4 is 22.6 Å². The van der Waals surface area contributed by atoms with E-state index in [9.17, 15) is 19.8 Å². The number of nitrogens with one attached hydrogen (secondary N) is 2. The van der Waals surface area contributed by atoms with Gasteiger partial charge in [0.15, 0.2) is 36.2 Å². The summed E-state index contributed by atoms with van der Waals surface area (Å²) in [4.78, 5) is 41.8. The van der Waals surface area contributed by atoms with Gasteiger partial charge in [0.05, 0.1) is 19.5 Å². The third-order valence-corrected chi connectivity index (χ3v) is 11.2. The second-order valence-corrected chi connectivity index (χ2v) is 18.0. The molecule has 0 saturated carbocycles. The predicted octanol–water partition coefficient (Wildman–Crippen LogP) is -0.341. The number of aliphatic hydroxyl groups is 2. The maximum Gasteiger partial charge on any atom is 0.280 e. The minimum absolute atomic E-state index is 0.0252. The Bertz CT molecular complexity index is 1960. The first-order chi connectivity index (χ1) is 21.7. The van der Waals surface area contributed by atoms with E-state index in [1.54, 1.807) is 0 Å². The van der Waals surface area contributed by atoms with E-state index in [2.05, 4.69) is 72.2 Å². The number of imidazole rings is 1. The van der Waals surface area contributed by atoms with Crippen molar-refractivity contribution in [3.63, 3.8) is 0 Å². The Morgan fingerprint density at radius 3 is 2.30 bits per heavy atom. The highest BCUT2D eigenvalue weighted by Gasteiger charge is 2.54. The monoisotopic (exact) mass is 718 g/mol. The molecule has 7 rings (SSSR count). The fourth-order valence-electron chi connectivity index (χ4n) is 5.65. The Kier molecular flexibility index (Phi) is 8.02. The lowest BCUT2D eigenvalue weighted by atomic mass is 10.0. The highest BCUT2D eigenvalue weighted by atomic mass is 32.7. The van der Waals surface area contributed by atoms with Crippen LogP contribution in [0, 0.1) is 0 Å². The zero-order valence-electron chi connectivity index (χ0n) is 23.4. The summed E-state index contributed by atoms with van der Waals surface area (Å²) >= 11 is 9.06. The van der Waals surface area contributed by atoms with Crippen LogP contribution in [-0.2, 0) is 27.6 Å². The van der Waals surface area contributed by atoms with Gasteiger partial charge in [0.2, 0.25) is 11.9 Å². The first-order valence-electron chi connectivity index (χ1n) is 13.5. The van der Waals surface area contributed by atoms with Crippen molar-refractivity contribution < 1.29 is 37.8 Å². The zero-order chi connectivity index (χ0) is 32.7. The van der Waals surface area contributed by atoms with Crippen molar-refractivity contribution in [3.05, 3.63) is 32.7 Å². The summed E-state index contributed by atoms with van der Waals surface area (Å²) in [6.07, 6.45) is -0.0842. The lowest BCUT2D eigenvalue weighted by Crippen LogP contribution is -2.37. The van der Waals surface area contributed by atoms with Crippen molar-refractivity contribution >= 4 is 78.9 Å². The third-order valence-electron chi connectivity index (χ3n) is 7.68. The molecule has 4 aliphatic rings. The second-order valence-electron chi connectivity index (χ2n) is 10.8. The number of aromatic amines is 2. The molecule has 0 spiro atoms. The Balaban J connectivity index is 1.19. The van der Waals surface area contributed by atoms with Gasteiger partial charge in [-0.15, -0.1) is 5.11 Å². The van der Waals surface area contributed by atoms with Gasteiger partial charge in [0, 0.05) is 0 Å². The number of nitrogens with two attached hydrogens (primary N) is 2. The van der Waals surface area contributed by atoms with Crippen molar-refractivity contribution in [2.75, 3.05) is 24.7 Å². The van der Waals surface area contributed by atoms with Gasteiger partial charge in [0.25, 0.3) is 11.1 Å². The van der Waals surface area contributed by atoms with Gasteiger partial charge in [-0.1, -0.05) is 24.5 Å². The number of hydrogen-bond donors (Lipinski definition) is 8. The van der Waals surface area contributed by atoms with Crippen LogP contribution in [0.1, 0.15) is 18.0 Å². The molecular formula is C22H28N10O10P2S2. The fourth-order valence-corrected chi connectivity index (χ4v) is 8.85. The van der Waals surface area contributed by atoms with Crippen molar-refractivity contribution in [2.45, 2.75) is 55.0 Å². The standard InChI is InChI=1S/C22H28N10O10P2S2/c1-43(45)37-3-6-12(33)16(15(39-6)9-8-10(31-30-9)18(35)28-21(23)26-8)42-44(2,46)38-4-7-14(41-43)13(34)20(40-7)32-5-25-11-17(32)27-22(24)29-19(11)36/h5-7,9,12-16,20,33-34,45-46H,1-4H2,(H3,23,26,28,35)(H3,24,27,29,36)/t6-,7+,9?,12-,13-,14+,15+,16-,20+,43+,44+/m1/s1. The molecule has 3 aromatic rings. The first kappa shape index (κ1) is 32.0. The molecule has 0 amide bonds. The van der Waals surface area contributed by atoms with E-state index in [0.29, 0.717) is 0 Å². The van der Waals surface area contributed by atoms with Crippen molar-refractivity contribution in [2.24, 2.45) is 10.2 Å². The SMILES string of the molecule is C=[P@]1(S)OC[C@H]2O[C@@H](C3N=Nc4c3nc(N)[nH]c4=O)[C@H](O[P@@](=C)(S)OC[C@@H]3O[C@H](n4cnc5c(=O)[nH]c(N)nc54)[C@H](O)[C@H]3O1)[C@@H]2O. The second kappa shape index (κ2) is 11.5. The van der Waals surface area contributed by atoms with E-state index < -0.39 is 79.2 Å². The number of aliphatic hydroxyl groups excluding tert-OH is 2. The van der Waals surface area contributed by atoms with E-state index in [1.165, 1.54) is 10.9 Å². The van der Waals surface area contributed by atoms with Crippen molar-refractivity contribution in [1.29, 1.82) is 0 Å². The first-order valence-corrected chi connectivity index (χ1v) is 19.4.